The lowest BCUT2D eigenvalue weighted by Gasteiger charge is -2.29. The first-order valence-corrected chi connectivity index (χ1v) is 9.98. The van der Waals surface area contributed by atoms with Gasteiger partial charge in [-0.1, -0.05) is 12.1 Å². The van der Waals surface area contributed by atoms with Crippen LogP contribution < -0.4 is 5.32 Å². The fourth-order valence-corrected chi connectivity index (χ4v) is 4.83. The Morgan fingerprint density at radius 1 is 1.15 bits per heavy atom. The highest BCUT2D eigenvalue weighted by atomic mass is 15.3. The molecule has 1 atom stereocenters. The van der Waals surface area contributed by atoms with Crippen LogP contribution in [0, 0.1) is 5.41 Å². The van der Waals surface area contributed by atoms with Gasteiger partial charge in [0.2, 0.25) is 0 Å². The zero-order valence-electron chi connectivity index (χ0n) is 16.2. The zero-order chi connectivity index (χ0) is 18.4. The molecule has 3 heterocycles. The standard InChI is InChI=1S/C21H28N6/c1-25-12-11-23-19(25)14-27(18-13-21(18)7-9-22-10-8-21)15-20-24-16-5-3-4-6-17(16)26(20)2/h3-6,11-12,18,22H,7-10,13-15H2,1-2H3/t18-/m0/s1. The quantitative estimate of drug-likeness (QED) is 0.756. The van der Waals surface area contributed by atoms with Crippen LogP contribution in [0.1, 0.15) is 30.9 Å². The molecule has 1 aliphatic heterocycles. The maximum absolute atomic E-state index is 4.93. The predicted octanol–water partition coefficient (Wildman–Crippen LogP) is 2.45. The van der Waals surface area contributed by atoms with Crippen molar-refractivity contribution < 1.29 is 0 Å². The van der Waals surface area contributed by atoms with E-state index in [2.05, 4.69) is 62.7 Å². The van der Waals surface area contributed by atoms with Gasteiger partial charge in [0.25, 0.3) is 0 Å². The minimum absolute atomic E-state index is 0.501. The predicted molar refractivity (Wildman–Crippen MR) is 106 cm³/mol. The van der Waals surface area contributed by atoms with Crippen molar-refractivity contribution in [2.75, 3.05) is 13.1 Å². The summed E-state index contributed by atoms with van der Waals surface area (Å²) in [5, 5.41) is 3.52. The van der Waals surface area contributed by atoms with Crippen LogP contribution in [-0.2, 0) is 27.2 Å². The van der Waals surface area contributed by atoms with Crippen molar-refractivity contribution in [2.24, 2.45) is 19.5 Å². The Morgan fingerprint density at radius 3 is 2.67 bits per heavy atom. The second-order valence-corrected chi connectivity index (χ2v) is 8.27. The van der Waals surface area contributed by atoms with Gasteiger partial charge in [-0.2, -0.15) is 0 Å². The van der Waals surface area contributed by atoms with Crippen molar-refractivity contribution in [3.05, 3.63) is 48.3 Å². The number of imidazole rings is 2. The van der Waals surface area contributed by atoms with Gasteiger partial charge in [-0.3, -0.25) is 4.90 Å². The summed E-state index contributed by atoms with van der Waals surface area (Å²) in [4.78, 5) is 12.1. The number of hydrogen-bond donors (Lipinski definition) is 1. The monoisotopic (exact) mass is 364 g/mol. The summed E-state index contributed by atoms with van der Waals surface area (Å²) in [6.45, 7) is 4.06. The first-order chi connectivity index (χ1) is 13.2. The number of nitrogens with zero attached hydrogens (tertiary/aromatic N) is 5. The van der Waals surface area contributed by atoms with Crippen LogP contribution in [0.3, 0.4) is 0 Å². The molecule has 142 valence electrons. The normalized spacial score (nSPS) is 21.4. The van der Waals surface area contributed by atoms with Gasteiger partial charge in [0.05, 0.1) is 24.1 Å². The van der Waals surface area contributed by atoms with Crippen LogP contribution >= 0.6 is 0 Å². The lowest BCUT2D eigenvalue weighted by atomic mass is 9.93. The molecule has 1 N–H and O–H groups in total. The molecule has 1 saturated heterocycles. The van der Waals surface area contributed by atoms with Gasteiger partial charge >= 0.3 is 0 Å². The SMILES string of the molecule is Cn1ccnc1CN(Cc1nc2ccccc2n1C)[C@H]1CC12CCNCC2. The summed E-state index contributed by atoms with van der Waals surface area (Å²) in [7, 11) is 4.22. The smallest absolute Gasteiger partial charge is 0.123 e. The van der Waals surface area contributed by atoms with Gasteiger partial charge in [-0.05, 0) is 49.9 Å². The summed E-state index contributed by atoms with van der Waals surface area (Å²) in [6, 6.07) is 9.05. The van der Waals surface area contributed by atoms with Crippen LogP contribution in [0.15, 0.2) is 36.7 Å². The molecular formula is C21H28N6. The summed E-state index contributed by atoms with van der Waals surface area (Å²) in [6.07, 6.45) is 7.82. The van der Waals surface area contributed by atoms with E-state index in [4.69, 9.17) is 4.98 Å². The second-order valence-electron chi connectivity index (χ2n) is 8.27. The fraction of sp³-hybridized carbons (Fsp3) is 0.524. The molecule has 0 unspecified atom stereocenters. The Morgan fingerprint density at radius 2 is 1.93 bits per heavy atom. The van der Waals surface area contributed by atoms with E-state index < -0.39 is 0 Å². The van der Waals surface area contributed by atoms with E-state index in [1.807, 2.05) is 12.4 Å². The molecule has 6 heteroatoms. The molecule has 2 fully saturated rings. The van der Waals surface area contributed by atoms with E-state index in [1.54, 1.807) is 0 Å². The van der Waals surface area contributed by atoms with Crippen molar-refractivity contribution in [1.82, 2.24) is 29.3 Å². The first kappa shape index (κ1) is 17.0. The van der Waals surface area contributed by atoms with Gasteiger partial charge in [0.15, 0.2) is 0 Å². The van der Waals surface area contributed by atoms with E-state index in [1.165, 1.54) is 24.8 Å². The number of nitrogens with one attached hydrogen (secondary N) is 1. The largest absolute Gasteiger partial charge is 0.337 e. The van der Waals surface area contributed by atoms with E-state index >= 15 is 0 Å². The third-order valence-electron chi connectivity index (χ3n) is 6.68. The Bertz CT molecular complexity index is 949. The molecule has 0 radical (unpaired) electrons. The molecule has 2 aromatic heterocycles. The van der Waals surface area contributed by atoms with Gasteiger partial charge in [-0.25, -0.2) is 9.97 Å². The number of para-hydroxylation sites is 2. The van der Waals surface area contributed by atoms with Gasteiger partial charge in [0.1, 0.15) is 11.6 Å². The number of benzene rings is 1. The molecular weight excluding hydrogens is 336 g/mol. The molecule has 3 aromatic rings. The average Bonchev–Trinajstić information content (AvgIpc) is 3.04. The molecule has 1 saturated carbocycles. The highest BCUT2D eigenvalue weighted by Crippen LogP contribution is 2.56. The molecule has 0 amide bonds. The maximum atomic E-state index is 4.93. The summed E-state index contributed by atoms with van der Waals surface area (Å²) < 4.78 is 4.39. The fourth-order valence-electron chi connectivity index (χ4n) is 4.83. The summed E-state index contributed by atoms with van der Waals surface area (Å²) in [5.41, 5.74) is 2.79. The van der Waals surface area contributed by atoms with Gasteiger partial charge in [-0.15, -0.1) is 0 Å². The van der Waals surface area contributed by atoms with Crippen LogP contribution in [0.2, 0.25) is 0 Å². The van der Waals surface area contributed by atoms with E-state index in [-0.39, 0.29) is 0 Å². The van der Waals surface area contributed by atoms with E-state index in [0.717, 1.165) is 43.3 Å². The Kier molecular flexibility index (Phi) is 4.06. The topological polar surface area (TPSA) is 50.9 Å². The molecule has 1 aromatic carbocycles. The highest BCUT2D eigenvalue weighted by Gasteiger charge is 2.56. The number of hydrogen-bond acceptors (Lipinski definition) is 4. The Labute approximate surface area is 160 Å². The van der Waals surface area contributed by atoms with E-state index in [9.17, 15) is 0 Å². The van der Waals surface area contributed by atoms with Crippen molar-refractivity contribution in [3.63, 3.8) is 0 Å². The van der Waals surface area contributed by atoms with Crippen molar-refractivity contribution in [2.45, 2.75) is 38.4 Å². The number of piperidine rings is 1. The zero-order valence-corrected chi connectivity index (χ0v) is 16.2. The molecule has 1 aliphatic carbocycles. The average molecular weight is 364 g/mol. The number of rotatable bonds is 5. The van der Waals surface area contributed by atoms with Crippen LogP contribution in [-0.4, -0.2) is 43.1 Å². The van der Waals surface area contributed by atoms with Crippen molar-refractivity contribution in [1.29, 1.82) is 0 Å². The van der Waals surface area contributed by atoms with Crippen LogP contribution in [0.5, 0.6) is 0 Å². The van der Waals surface area contributed by atoms with Gasteiger partial charge in [0, 0.05) is 32.5 Å². The third kappa shape index (κ3) is 2.97. The molecule has 5 rings (SSSR count). The Hall–Kier alpha value is -2.18. The number of aryl methyl sites for hydroxylation is 2. The van der Waals surface area contributed by atoms with Gasteiger partial charge < -0.3 is 14.5 Å². The van der Waals surface area contributed by atoms with Crippen LogP contribution in [0.4, 0.5) is 0 Å². The van der Waals surface area contributed by atoms with Crippen LogP contribution in [0.25, 0.3) is 11.0 Å². The minimum atomic E-state index is 0.501. The number of aromatic nitrogens is 4. The van der Waals surface area contributed by atoms with Crippen molar-refractivity contribution >= 4 is 11.0 Å². The lowest BCUT2D eigenvalue weighted by molar-refractivity contribution is 0.178. The molecule has 1 spiro atoms. The van der Waals surface area contributed by atoms with E-state index in [0.29, 0.717) is 11.5 Å². The van der Waals surface area contributed by atoms with Crippen molar-refractivity contribution in [3.8, 4) is 0 Å². The first-order valence-electron chi connectivity index (χ1n) is 9.98. The molecule has 27 heavy (non-hydrogen) atoms. The lowest BCUT2D eigenvalue weighted by Crippen LogP contribution is -2.36. The molecule has 6 nitrogen and oxygen atoms in total. The summed E-state index contributed by atoms with van der Waals surface area (Å²) >= 11 is 0. The molecule has 0 bridgehead atoms. The summed E-state index contributed by atoms with van der Waals surface area (Å²) in [5.74, 6) is 2.27. The highest BCUT2D eigenvalue weighted by molar-refractivity contribution is 5.75. The minimum Gasteiger partial charge on any atom is -0.337 e. The third-order valence-corrected chi connectivity index (χ3v) is 6.68. The number of fused-ring (bicyclic) bond motifs is 1. The molecule has 2 aliphatic rings. The maximum Gasteiger partial charge on any atom is 0.123 e. The second kappa shape index (κ2) is 6.46. The Balaban J connectivity index is 1.44.